The van der Waals surface area contributed by atoms with E-state index in [2.05, 4.69) is 14.9 Å². The van der Waals surface area contributed by atoms with Crippen LogP contribution in [0, 0.1) is 0 Å². The number of rotatable bonds is 8. The van der Waals surface area contributed by atoms with Crippen LogP contribution in [0.3, 0.4) is 0 Å². The number of hydrogen-bond acceptors (Lipinski definition) is 5. The van der Waals surface area contributed by atoms with Gasteiger partial charge in [-0.05, 0) is 36.8 Å². The van der Waals surface area contributed by atoms with E-state index < -0.39 is 10.0 Å². The molecule has 1 N–H and O–H groups in total. The van der Waals surface area contributed by atoms with E-state index in [0.717, 1.165) is 17.5 Å². The monoisotopic (exact) mass is 456 g/mol. The highest BCUT2D eigenvalue weighted by Crippen LogP contribution is 2.33. The summed E-state index contributed by atoms with van der Waals surface area (Å²) >= 11 is 13.9. The number of para-hydroxylation sites is 1. The Labute approximate surface area is 178 Å². The average Bonchev–Trinajstić information content (AvgIpc) is 3.05. The van der Waals surface area contributed by atoms with Gasteiger partial charge in [-0.25, -0.2) is 13.1 Å². The molecule has 0 saturated heterocycles. The van der Waals surface area contributed by atoms with E-state index in [1.165, 1.54) is 11.8 Å². The molecule has 0 aliphatic rings. The topological polar surface area (TPSA) is 76.9 Å². The highest BCUT2D eigenvalue weighted by atomic mass is 35.5. The molecule has 0 amide bonds. The molecule has 2 aromatic carbocycles. The van der Waals surface area contributed by atoms with Crippen molar-refractivity contribution in [2.24, 2.45) is 0 Å². The quantitative estimate of drug-likeness (QED) is 0.404. The van der Waals surface area contributed by atoms with Gasteiger partial charge in [0.15, 0.2) is 11.0 Å². The van der Waals surface area contributed by atoms with Gasteiger partial charge in [-0.15, -0.1) is 10.2 Å². The highest BCUT2D eigenvalue weighted by molar-refractivity contribution is 7.99. The Morgan fingerprint density at radius 3 is 2.54 bits per heavy atom. The van der Waals surface area contributed by atoms with Crippen LogP contribution in [0.4, 0.5) is 0 Å². The summed E-state index contributed by atoms with van der Waals surface area (Å²) < 4.78 is 26.7. The fraction of sp³-hybridized carbons (Fsp3) is 0.222. The third-order valence-corrected chi connectivity index (χ3v) is 6.03. The molecule has 0 bridgehead atoms. The van der Waals surface area contributed by atoms with Crippen molar-refractivity contribution in [3.05, 3.63) is 58.6 Å². The third kappa shape index (κ3) is 5.48. The smallest absolute Gasteiger partial charge is 0.208 e. The molecule has 0 aliphatic carbocycles. The first-order chi connectivity index (χ1) is 13.3. The fourth-order valence-corrected chi connectivity index (χ4v) is 4.41. The minimum Gasteiger partial charge on any atom is -0.270 e. The van der Waals surface area contributed by atoms with Gasteiger partial charge in [-0.2, -0.15) is 0 Å². The molecule has 0 unspecified atom stereocenters. The fourth-order valence-electron chi connectivity index (χ4n) is 2.51. The molecular weight excluding hydrogens is 439 g/mol. The van der Waals surface area contributed by atoms with Crippen LogP contribution in [0.15, 0.2) is 53.7 Å². The lowest BCUT2D eigenvalue weighted by Crippen LogP contribution is -2.23. The number of halogens is 2. The number of aromatic nitrogens is 3. The van der Waals surface area contributed by atoms with Gasteiger partial charge in [-0.1, -0.05) is 53.2 Å². The van der Waals surface area contributed by atoms with Crippen LogP contribution in [0.2, 0.25) is 10.0 Å². The Kier molecular flexibility index (Phi) is 7.00. The van der Waals surface area contributed by atoms with E-state index >= 15 is 0 Å². The van der Waals surface area contributed by atoms with Gasteiger partial charge in [0.1, 0.15) is 0 Å². The minimum absolute atomic E-state index is 0.376. The van der Waals surface area contributed by atoms with Gasteiger partial charge in [-0.3, -0.25) is 4.57 Å². The molecule has 0 saturated carbocycles. The average molecular weight is 457 g/mol. The van der Waals surface area contributed by atoms with Crippen LogP contribution in [0.1, 0.15) is 6.42 Å². The Bertz CT molecular complexity index is 1060. The summed E-state index contributed by atoms with van der Waals surface area (Å²) in [5.41, 5.74) is 1.64. The maximum absolute atomic E-state index is 11.2. The number of hydrogen-bond donors (Lipinski definition) is 1. The zero-order valence-electron chi connectivity index (χ0n) is 15.0. The van der Waals surface area contributed by atoms with Gasteiger partial charge in [0, 0.05) is 28.6 Å². The summed E-state index contributed by atoms with van der Waals surface area (Å²) in [6, 6.07) is 15.0. The molecule has 0 radical (unpaired) electrons. The summed E-state index contributed by atoms with van der Waals surface area (Å²) in [5, 5.41) is 10.4. The number of nitrogens with one attached hydrogen (secondary N) is 1. The lowest BCUT2D eigenvalue weighted by molar-refractivity contribution is 0.587. The SMILES string of the molecule is CS(=O)(=O)NCCCSc1nnc(-c2ccc(Cl)cc2Cl)n1-c1ccccc1. The standard InChI is InChI=1S/C18H18Cl2N4O2S2/c1-28(25,26)21-10-5-11-27-18-23-22-17(15-9-8-13(19)12-16(15)20)24(18)14-6-3-2-4-7-14/h2-4,6-9,12,21H,5,10-11H2,1H3. The van der Waals surface area contributed by atoms with Crippen LogP contribution in [-0.2, 0) is 10.0 Å². The van der Waals surface area contributed by atoms with Crippen molar-refractivity contribution in [1.29, 1.82) is 0 Å². The maximum Gasteiger partial charge on any atom is 0.208 e. The predicted molar refractivity (Wildman–Crippen MR) is 115 cm³/mol. The van der Waals surface area contributed by atoms with Crippen LogP contribution in [-0.4, -0.2) is 41.7 Å². The lowest BCUT2D eigenvalue weighted by atomic mass is 10.2. The number of benzene rings is 2. The molecule has 3 aromatic rings. The van der Waals surface area contributed by atoms with Gasteiger partial charge in [0.05, 0.1) is 11.3 Å². The normalized spacial score (nSPS) is 11.7. The zero-order valence-corrected chi connectivity index (χ0v) is 18.1. The second-order valence-electron chi connectivity index (χ2n) is 5.97. The molecule has 28 heavy (non-hydrogen) atoms. The number of nitrogens with zero attached hydrogens (tertiary/aromatic N) is 3. The number of sulfonamides is 1. The Balaban J connectivity index is 1.88. The summed E-state index contributed by atoms with van der Waals surface area (Å²) in [7, 11) is -3.18. The Morgan fingerprint density at radius 1 is 1.11 bits per heavy atom. The zero-order chi connectivity index (χ0) is 20.1. The van der Waals surface area contributed by atoms with Crippen molar-refractivity contribution < 1.29 is 8.42 Å². The Morgan fingerprint density at radius 2 is 1.86 bits per heavy atom. The molecule has 6 nitrogen and oxygen atoms in total. The highest BCUT2D eigenvalue weighted by Gasteiger charge is 2.18. The van der Waals surface area contributed by atoms with Gasteiger partial charge >= 0.3 is 0 Å². The molecule has 1 heterocycles. The predicted octanol–water partition coefficient (Wildman–Crippen LogP) is 4.27. The van der Waals surface area contributed by atoms with E-state index in [0.29, 0.717) is 39.7 Å². The van der Waals surface area contributed by atoms with E-state index in [-0.39, 0.29) is 0 Å². The molecule has 0 aliphatic heterocycles. The van der Waals surface area contributed by atoms with Crippen LogP contribution in [0.25, 0.3) is 17.1 Å². The number of thioether (sulfide) groups is 1. The molecular formula is C18H18Cl2N4O2S2. The molecule has 3 rings (SSSR count). The van der Waals surface area contributed by atoms with Crippen LogP contribution >= 0.6 is 35.0 Å². The van der Waals surface area contributed by atoms with Gasteiger partial charge < -0.3 is 0 Å². The molecule has 1 aromatic heterocycles. The van der Waals surface area contributed by atoms with Crippen molar-refractivity contribution in [3.63, 3.8) is 0 Å². The van der Waals surface area contributed by atoms with Gasteiger partial charge in [0.25, 0.3) is 0 Å². The lowest BCUT2D eigenvalue weighted by Gasteiger charge is -2.11. The van der Waals surface area contributed by atoms with E-state index in [9.17, 15) is 8.42 Å². The Hall–Kier alpha value is -1.58. The van der Waals surface area contributed by atoms with Gasteiger partial charge in [0.2, 0.25) is 10.0 Å². The molecule has 0 fully saturated rings. The molecule has 10 heteroatoms. The maximum atomic E-state index is 11.2. The second kappa shape index (κ2) is 9.28. The van der Waals surface area contributed by atoms with E-state index in [4.69, 9.17) is 23.2 Å². The largest absolute Gasteiger partial charge is 0.270 e. The van der Waals surface area contributed by atoms with Crippen molar-refractivity contribution in [3.8, 4) is 17.1 Å². The second-order valence-corrected chi connectivity index (χ2v) is 9.71. The molecule has 0 atom stereocenters. The molecule has 148 valence electrons. The van der Waals surface area contributed by atoms with Crippen molar-refractivity contribution >= 4 is 45.0 Å². The minimum atomic E-state index is -3.18. The molecule has 0 spiro atoms. The summed E-state index contributed by atoms with van der Waals surface area (Å²) in [4.78, 5) is 0. The van der Waals surface area contributed by atoms with Crippen LogP contribution in [0.5, 0.6) is 0 Å². The first-order valence-corrected chi connectivity index (χ1v) is 12.0. The first kappa shape index (κ1) is 21.1. The van der Waals surface area contributed by atoms with Crippen molar-refractivity contribution in [1.82, 2.24) is 19.5 Å². The van der Waals surface area contributed by atoms with E-state index in [1.54, 1.807) is 12.1 Å². The van der Waals surface area contributed by atoms with Crippen molar-refractivity contribution in [2.45, 2.75) is 11.6 Å². The third-order valence-electron chi connectivity index (χ3n) is 3.74. The summed E-state index contributed by atoms with van der Waals surface area (Å²) in [6.45, 7) is 0.376. The first-order valence-electron chi connectivity index (χ1n) is 8.39. The summed E-state index contributed by atoms with van der Waals surface area (Å²) in [6.07, 6.45) is 1.81. The van der Waals surface area contributed by atoms with Crippen LogP contribution < -0.4 is 4.72 Å². The summed E-state index contributed by atoms with van der Waals surface area (Å²) in [5.74, 6) is 1.30. The van der Waals surface area contributed by atoms with E-state index in [1.807, 2.05) is 41.0 Å². The van der Waals surface area contributed by atoms with Crippen molar-refractivity contribution in [2.75, 3.05) is 18.6 Å².